The van der Waals surface area contributed by atoms with Gasteiger partial charge in [0.15, 0.2) is 0 Å². The first kappa shape index (κ1) is 19.0. The smallest absolute Gasteiger partial charge is 0.312 e. The third kappa shape index (κ3) is 3.70. The number of nitrogens with zero attached hydrogens (tertiary/aromatic N) is 3. The minimum atomic E-state index is -2.85. The lowest BCUT2D eigenvalue weighted by molar-refractivity contribution is -0.139. The molecule has 27 heavy (non-hydrogen) atoms. The summed E-state index contributed by atoms with van der Waals surface area (Å²) in [6.07, 6.45) is -1.69. The van der Waals surface area contributed by atoms with E-state index >= 15 is 0 Å². The van der Waals surface area contributed by atoms with Crippen LogP contribution in [0.5, 0.6) is 0 Å². The lowest BCUT2D eigenvalue weighted by Gasteiger charge is -2.32. The van der Waals surface area contributed by atoms with Gasteiger partial charge in [-0.1, -0.05) is 38.1 Å². The van der Waals surface area contributed by atoms with E-state index in [-0.39, 0.29) is 31.1 Å². The predicted octanol–water partition coefficient (Wildman–Crippen LogP) is 3.30. The number of amides is 1. The molecule has 2 aromatic rings. The van der Waals surface area contributed by atoms with E-state index in [1.807, 2.05) is 13.8 Å². The van der Waals surface area contributed by atoms with Crippen LogP contribution in [0.15, 0.2) is 30.5 Å². The van der Waals surface area contributed by atoms with Crippen molar-refractivity contribution < 1.29 is 23.5 Å². The second-order valence-electron chi connectivity index (χ2n) is 7.10. The van der Waals surface area contributed by atoms with E-state index in [1.54, 1.807) is 24.3 Å². The molecule has 1 amide bonds. The van der Waals surface area contributed by atoms with Crippen LogP contribution in [0.4, 0.5) is 8.78 Å². The Bertz CT molecular complexity index is 864. The van der Waals surface area contributed by atoms with Crippen molar-refractivity contribution in [2.24, 2.45) is 5.92 Å². The molecule has 0 aliphatic carbocycles. The molecule has 3 rings (SSSR count). The molecule has 1 unspecified atom stereocenters. The second kappa shape index (κ2) is 7.46. The molecule has 1 aromatic heterocycles. The predicted molar refractivity (Wildman–Crippen MR) is 93.6 cm³/mol. The van der Waals surface area contributed by atoms with Gasteiger partial charge in [0.25, 0.3) is 12.3 Å². The van der Waals surface area contributed by atoms with Crippen molar-refractivity contribution in [2.45, 2.75) is 39.3 Å². The van der Waals surface area contributed by atoms with Crippen molar-refractivity contribution in [3.05, 3.63) is 52.8 Å². The molecule has 1 N–H and O–H groups in total. The van der Waals surface area contributed by atoms with Gasteiger partial charge >= 0.3 is 5.97 Å². The molecule has 1 aliphatic rings. The van der Waals surface area contributed by atoms with E-state index < -0.39 is 29.9 Å². The van der Waals surface area contributed by atoms with Crippen molar-refractivity contribution in [1.82, 2.24) is 14.7 Å². The van der Waals surface area contributed by atoms with Crippen molar-refractivity contribution in [3.8, 4) is 0 Å². The molecule has 0 spiro atoms. The number of aliphatic carboxylic acids is 1. The fourth-order valence-corrected chi connectivity index (χ4v) is 3.42. The Labute approximate surface area is 155 Å². The van der Waals surface area contributed by atoms with Gasteiger partial charge in [-0.05, 0) is 17.0 Å². The van der Waals surface area contributed by atoms with Crippen molar-refractivity contribution in [2.75, 3.05) is 6.54 Å². The fraction of sp³-hybridized carbons (Fsp3) is 0.421. The summed E-state index contributed by atoms with van der Waals surface area (Å²) < 4.78 is 28.4. The molecule has 6 nitrogen and oxygen atoms in total. The average molecular weight is 377 g/mol. The average Bonchev–Trinajstić information content (AvgIpc) is 3.02. The molecular weight excluding hydrogens is 356 g/mol. The number of carbonyl (C=O) groups is 2. The van der Waals surface area contributed by atoms with E-state index in [9.17, 15) is 23.5 Å². The number of carboxylic acids is 1. The summed E-state index contributed by atoms with van der Waals surface area (Å²) >= 11 is 0. The molecule has 1 aromatic carbocycles. The van der Waals surface area contributed by atoms with Crippen LogP contribution in [0.3, 0.4) is 0 Å². The summed E-state index contributed by atoms with van der Waals surface area (Å²) in [4.78, 5) is 25.9. The number of hydrogen-bond donors (Lipinski definition) is 1. The molecular formula is C19H21F2N3O3. The van der Waals surface area contributed by atoms with Gasteiger partial charge < -0.3 is 10.0 Å². The van der Waals surface area contributed by atoms with E-state index in [1.165, 1.54) is 4.90 Å². The number of hydrogen-bond acceptors (Lipinski definition) is 3. The summed E-state index contributed by atoms with van der Waals surface area (Å²) in [5.74, 6) is -2.48. The maximum Gasteiger partial charge on any atom is 0.312 e. The maximum absolute atomic E-state index is 13.6. The van der Waals surface area contributed by atoms with Crippen LogP contribution >= 0.6 is 0 Å². The third-order valence-electron chi connectivity index (χ3n) is 4.64. The number of alkyl halides is 2. The monoisotopic (exact) mass is 377 g/mol. The number of halogens is 2. The highest BCUT2D eigenvalue weighted by atomic mass is 19.3. The molecule has 1 aliphatic heterocycles. The minimum absolute atomic E-state index is 0.0663. The summed E-state index contributed by atoms with van der Waals surface area (Å²) in [6.45, 7) is 4.13. The number of fused-ring (bicyclic) bond motifs is 1. The van der Waals surface area contributed by atoms with E-state index in [4.69, 9.17) is 0 Å². The van der Waals surface area contributed by atoms with Crippen LogP contribution < -0.4 is 0 Å². The number of rotatable bonds is 5. The quantitative estimate of drug-likeness (QED) is 0.868. The first-order chi connectivity index (χ1) is 12.8. The van der Waals surface area contributed by atoms with Crippen LogP contribution in [0.1, 0.15) is 53.4 Å². The number of aromatic nitrogens is 2. The molecule has 2 heterocycles. The SMILES string of the molecule is CC(C)Cn1ncc(C(=O)N2Cc3ccccc3C(C(=O)O)C2)c1C(F)F. The molecule has 0 radical (unpaired) electrons. The van der Waals surface area contributed by atoms with Gasteiger partial charge in [0, 0.05) is 19.6 Å². The van der Waals surface area contributed by atoms with Crippen molar-refractivity contribution >= 4 is 11.9 Å². The van der Waals surface area contributed by atoms with Crippen LogP contribution in [0.2, 0.25) is 0 Å². The first-order valence-corrected chi connectivity index (χ1v) is 8.73. The van der Waals surface area contributed by atoms with Gasteiger partial charge in [-0.15, -0.1) is 0 Å². The van der Waals surface area contributed by atoms with Gasteiger partial charge in [0.1, 0.15) is 5.69 Å². The molecule has 0 fully saturated rings. The Hall–Kier alpha value is -2.77. The molecule has 1 atom stereocenters. The summed E-state index contributed by atoms with van der Waals surface area (Å²) in [5.41, 5.74) is 0.768. The largest absolute Gasteiger partial charge is 0.481 e. The van der Waals surface area contributed by atoms with Gasteiger partial charge in [0.05, 0.1) is 17.7 Å². The van der Waals surface area contributed by atoms with Gasteiger partial charge in [-0.2, -0.15) is 5.10 Å². The second-order valence-corrected chi connectivity index (χ2v) is 7.10. The highest BCUT2D eigenvalue weighted by Crippen LogP contribution is 2.31. The number of carboxylic acid groups (broad SMARTS) is 1. The minimum Gasteiger partial charge on any atom is -0.481 e. The van der Waals surface area contributed by atoms with Gasteiger partial charge in [0.2, 0.25) is 0 Å². The Morgan fingerprint density at radius 2 is 2.00 bits per heavy atom. The first-order valence-electron chi connectivity index (χ1n) is 8.73. The summed E-state index contributed by atoms with van der Waals surface area (Å²) in [6, 6.07) is 6.98. The Morgan fingerprint density at radius 1 is 1.30 bits per heavy atom. The van der Waals surface area contributed by atoms with Crippen molar-refractivity contribution in [1.29, 1.82) is 0 Å². The maximum atomic E-state index is 13.6. The van der Waals surface area contributed by atoms with Crippen LogP contribution in [0, 0.1) is 5.92 Å². The lowest BCUT2D eigenvalue weighted by atomic mass is 9.89. The molecule has 0 saturated heterocycles. The Kier molecular flexibility index (Phi) is 5.25. The Balaban J connectivity index is 1.95. The van der Waals surface area contributed by atoms with Crippen LogP contribution in [0.25, 0.3) is 0 Å². The molecule has 0 bridgehead atoms. The zero-order valence-electron chi connectivity index (χ0n) is 15.1. The van der Waals surface area contributed by atoms with E-state index in [2.05, 4.69) is 5.10 Å². The van der Waals surface area contributed by atoms with Crippen LogP contribution in [-0.2, 0) is 17.9 Å². The number of benzene rings is 1. The standard InChI is InChI=1S/C19H21F2N3O3/c1-11(2)8-24-16(17(20)21)14(7-22-24)18(25)23-9-12-5-3-4-6-13(12)15(10-23)19(26)27/h3-7,11,15,17H,8-10H2,1-2H3,(H,26,27). The zero-order chi connectivity index (χ0) is 19.7. The molecule has 144 valence electrons. The van der Waals surface area contributed by atoms with Crippen LogP contribution in [-0.4, -0.2) is 38.2 Å². The normalized spacial score (nSPS) is 16.7. The Morgan fingerprint density at radius 3 is 2.63 bits per heavy atom. The highest BCUT2D eigenvalue weighted by Gasteiger charge is 2.35. The fourth-order valence-electron chi connectivity index (χ4n) is 3.42. The number of carbonyl (C=O) groups excluding carboxylic acids is 1. The van der Waals surface area contributed by atoms with Gasteiger partial charge in [-0.3, -0.25) is 14.3 Å². The third-order valence-corrected chi connectivity index (χ3v) is 4.64. The van der Waals surface area contributed by atoms with E-state index in [0.29, 0.717) is 11.1 Å². The highest BCUT2D eigenvalue weighted by molar-refractivity contribution is 5.96. The molecule has 8 heteroatoms. The van der Waals surface area contributed by atoms with Gasteiger partial charge in [-0.25, -0.2) is 8.78 Å². The van der Waals surface area contributed by atoms with E-state index in [0.717, 1.165) is 10.9 Å². The van der Waals surface area contributed by atoms with Crippen molar-refractivity contribution in [3.63, 3.8) is 0 Å². The lowest BCUT2D eigenvalue weighted by Crippen LogP contribution is -2.40. The summed E-state index contributed by atoms with van der Waals surface area (Å²) in [5, 5.41) is 13.5. The summed E-state index contributed by atoms with van der Waals surface area (Å²) in [7, 11) is 0. The zero-order valence-corrected chi connectivity index (χ0v) is 15.1. The topological polar surface area (TPSA) is 75.4 Å². The molecule has 0 saturated carbocycles.